The average Bonchev–Trinajstić information content (AvgIpc) is 3.22. The van der Waals surface area contributed by atoms with Crippen LogP contribution in [-0.4, -0.2) is 34.5 Å². The molecule has 6 nitrogen and oxygen atoms in total. The number of rotatable bonds is 6. The standard InChI is InChI=1S/C23H21ClN2O4S/c1-30-20-10-8-19(9-11-20)26(31(28,29)21-12-6-18(24)7-13-21)16-23(27)25-15-14-17-4-2-3-5-22(17)25/h2-13H,14-16H2,1H3. The van der Waals surface area contributed by atoms with Crippen LogP contribution in [0.2, 0.25) is 5.02 Å². The summed E-state index contributed by atoms with van der Waals surface area (Å²) < 4.78 is 33.3. The number of para-hydroxylation sites is 1. The zero-order valence-electron chi connectivity index (χ0n) is 16.9. The Balaban J connectivity index is 1.70. The van der Waals surface area contributed by atoms with Crippen molar-refractivity contribution in [2.45, 2.75) is 11.3 Å². The number of hydrogen-bond acceptors (Lipinski definition) is 4. The largest absolute Gasteiger partial charge is 0.497 e. The highest BCUT2D eigenvalue weighted by atomic mass is 35.5. The normalized spacial score (nSPS) is 13.0. The van der Waals surface area contributed by atoms with E-state index in [2.05, 4.69) is 0 Å². The van der Waals surface area contributed by atoms with Gasteiger partial charge in [0.2, 0.25) is 5.91 Å². The highest BCUT2D eigenvalue weighted by Gasteiger charge is 2.31. The van der Waals surface area contributed by atoms with Crippen LogP contribution >= 0.6 is 11.6 Å². The second-order valence-electron chi connectivity index (χ2n) is 7.09. The highest BCUT2D eigenvalue weighted by molar-refractivity contribution is 7.92. The monoisotopic (exact) mass is 456 g/mol. The van der Waals surface area contributed by atoms with Crippen LogP contribution in [0.1, 0.15) is 5.56 Å². The van der Waals surface area contributed by atoms with Gasteiger partial charge in [-0.05, 0) is 66.6 Å². The Hall–Kier alpha value is -3.03. The van der Waals surface area contributed by atoms with Gasteiger partial charge in [0.1, 0.15) is 12.3 Å². The van der Waals surface area contributed by atoms with E-state index in [4.69, 9.17) is 16.3 Å². The van der Waals surface area contributed by atoms with Gasteiger partial charge in [-0.2, -0.15) is 0 Å². The summed E-state index contributed by atoms with van der Waals surface area (Å²) in [5.74, 6) is 0.297. The molecule has 3 aromatic carbocycles. The fourth-order valence-corrected chi connectivity index (χ4v) is 5.14. The SMILES string of the molecule is COc1ccc(N(CC(=O)N2CCc3ccccc32)S(=O)(=O)c2ccc(Cl)cc2)cc1. The number of amides is 1. The molecule has 8 heteroatoms. The van der Waals surface area contributed by atoms with Gasteiger partial charge >= 0.3 is 0 Å². The molecule has 1 aliphatic heterocycles. The molecule has 0 radical (unpaired) electrons. The molecule has 0 spiro atoms. The number of hydrogen-bond donors (Lipinski definition) is 0. The maximum absolute atomic E-state index is 13.5. The van der Waals surface area contributed by atoms with Crippen molar-refractivity contribution >= 4 is 38.9 Å². The molecule has 1 heterocycles. The lowest BCUT2D eigenvalue weighted by atomic mass is 10.2. The zero-order chi connectivity index (χ0) is 22.0. The molecule has 0 aliphatic carbocycles. The molecule has 0 unspecified atom stereocenters. The van der Waals surface area contributed by atoms with Crippen molar-refractivity contribution in [2.24, 2.45) is 0 Å². The minimum Gasteiger partial charge on any atom is -0.497 e. The van der Waals surface area contributed by atoms with Gasteiger partial charge in [-0.1, -0.05) is 29.8 Å². The molecular weight excluding hydrogens is 436 g/mol. The molecule has 0 bridgehead atoms. The second-order valence-corrected chi connectivity index (χ2v) is 9.39. The number of ether oxygens (including phenoxy) is 1. The maximum Gasteiger partial charge on any atom is 0.264 e. The summed E-state index contributed by atoms with van der Waals surface area (Å²) in [7, 11) is -2.47. The molecule has 0 saturated carbocycles. The van der Waals surface area contributed by atoms with E-state index in [9.17, 15) is 13.2 Å². The predicted octanol–water partition coefficient (Wildman–Crippen LogP) is 4.13. The van der Waals surface area contributed by atoms with Gasteiger partial charge in [-0.15, -0.1) is 0 Å². The Morgan fingerprint density at radius 2 is 1.71 bits per heavy atom. The first kappa shape index (κ1) is 21.2. The lowest BCUT2D eigenvalue weighted by Crippen LogP contribution is -2.42. The minimum absolute atomic E-state index is 0.0577. The number of carbonyl (C=O) groups excluding carboxylic acids is 1. The fourth-order valence-electron chi connectivity index (χ4n) is 3.60. The van der Waals surface area contributed by atoms with E-state index in [1.807, 2.05) is 24.3 Å². The van der Waals surface area contributed by atoms with E-state index < -0.39 is 10.0 Å². The van der Waals surface area contributed by atoms with Gasteiger partial charge in [0.15, 0.2) is 0 Å². The number of nitrogens with zero attached hydrogens (tertiary/aromatic N) is 2. The summed E-state index contributed by atoms with van der Waals surface area (Å²) in [6.45, 7) is 0.196. The Bertz CT molecular complexity index is 1200. The third-order valence-electron chi connectivity index (χ3n) is 5.23. The van der Waals surface area contributed by atoms with Crippen molar-refractivity contribution in [3.05, 3.63) is 83.4 Å². The number of fused-ring (bicyclic) bond motifs is 1. The quantitative estimate of drug-likeness (QED) is 0.559. The van der Waals surface area contributed by atoms with E-state index in [-0.39, 0.29) is 17.3 Å². The van der Waals surface area contributed by atoms with Gasteiger partial charge in [0.25, 0.3) is 10.0 Å². The molecule has 3 aromatic rings. The molecule has 1 amide bonds. The van der Waals surface area contributed by atoms with Crippen LogP contribution in [0.5, 0.6) is 5.75 Å². The molecule has 4 rings (SSSR count). The van der Waals surface area contributed by atoms with Crippen LogP contribution in [0.15, 0.2) is 77.7 Å². The number of carbonyl (C=O) groups is 1. The summed E-state index contributed by atoms with van der Waals surface area (Å²) in [4.78, 5) is 14.9. The third-order valence-corrected chi connectivity index (χ3v) is 7.27. The van der Waals surface area contributed by atoms with E-state index in [0.717, 1.165) is 22.0 Å². The van der Waals surface area contributed by atoms with Crippen LogP contribution in [0.4, 0.5) is 11.4 Å². The summed E-state index contributed by atoms with van der Waals surface area (Å²) in [6.07, 6.45) is 0.744. The van der Waals surface area contributed by atoms with Crippen molar-refractivity contribution in [1.29, 1.82) is 0 Å². The topological polar surface area (TPSA) is 66.9 Å². The molecule has 1 aliphatic rings. The van der Waals surface area contributed by atoms with Crippen LogP contribution < -0.4 is 13.9 Å². The Kier molecular flexibility index (Phi) is 5.89. The Labute approximate surface area is 186 Å². The molecule has 160 valence electrons. The first-order valence-corrected chi connectivity index (χ1v) is 11.5. The first-order valence-electron chi connectivity index (χ1n) is 9.71. The van der Waals surface area contributed by atoms with Crippen LogP contribution in [-0.2, 0) is 21.2 Å². The van der Waals surface area contributed by atoms with Crippen LogP contribution in [0.25, 0.3) is 0 Å². The molecule has 0 fully saturated rings. The van der Waals surface area contributed by atoms with E-state index >= 15 is 0 Å². The summed E-state index contributed by atoms with van der Waals surface area (Å²) in [5, 5.41) is 0.430. The van der Waals surface area contributed by atoms with Crippen molar-refractivity contribution in [3.63, 3.8) is 0 Å². The number of anilines is 2. The fraction of sp³-hybridized carbons (Fsp3) is 0.174. The van der Waals surface area contributed by atoms with E-state index in [0.29, 0.717) is 23.0 Å². The summed E-state index contributed by atoms with van der Waals surface area (Å²) in [5.41, 5.74) is 2.27. The number of halogens is 1. The van der Waals surface area contributed by atoms with Crippen molar-refractivity contribution in [1.82, 2.24) is 0 Å². The molecule has 31 heavy (non-hydrogen) atoms. The Morgan fingerprint density at radius 1 is 1.03 bits per heavy atom. The maximum atomic E-state index is 13.5. The van der Waals surface area contributed by atoms with E-state index in [1.54, 1.807) is 29.2 Å². The van der Waals surface area contributed by atoms with Gasteiger partial charge in [0, 0.05) is 17.3 Å². The molecule has 0 aromatic heterocycles. The lowest BCUT2D eigenvalue weighted by molar-refractivity contribution is -0.117. The van der Waals surface area contributed by atoms with Gasteiger partial charge in [0.05, 0.1) is 17.7 Å². The Morgan fingerprint density at radius 3 is 2.39 bits per heavy atom. The molecule has 0 saturated heterocycles. The van der Waals surface area contributed by atoms with Crippen molar-refractivity contribution in [2.75, 3.05) is 29.4 Å². The summed E-state index contributed by atoms with van der Waals surface area (Å²) >= 11 is 5.93. The van der Waals surface area contributed by atoms with Crippen molar-refractivity contribution < 1.29 is 17.9 Å². The molecule has 0 N–H and O–H groups in total. The number of benzene rings is 3. The molecular formula is C23H21ClN2O4S. The first-order chi connectivity index (χ1) is 14.9. The number of methoxy groups -OCH3 is 1. The van der Waals surface area contributed by atoms with Crippen molar-refractivity contribution in [3.8, 4) is 5.75 Å². The number of sulfonamides is 1. The van der Waals surface area contributed by atoms with E-state index in [1.165, 1.54) is 31.4 Å². The van der Waals surface area contributed by atoms with Gasteiger partial charge in [-0.25, -0.2) is 8.42 Å². The zero-order valence-corrected chi connectivity index (χ0v) is 18.4. The van der Waals surface area contributed by atoms with Gasteiger partial charge in [-0.3, -0.25) is 9.10 Å². The smallest absolute Gasteiger partial charge is 0.264 e. The second kappa shape index (κ2) is 8.61. The van der Waals surface area contributed by atoms with Crippen LogP contribution in [0, 0.1) is 0 Å². The highest BCUT2D eigenvalue weighted by Crippen LogP contribution is 2.30. The van der Waals surface area contributed by atoms with Crippen LogP contribution in [0.3, 0.4) is 0 Å². The average molecular weight is 457 g/mol. The minimum atomic E-state index is -4.01. The third kappa shape index (κ3) is 4.24. The lowest BCUT2D eigenvalue weighted by Gasteiger charge is -2.27. The predicted molar refractivity (Wildman–Crippen MR) is 121 cm³/mol. The molecule has 0 atom stereocenters. The summed E-state index contributed by atoms with van der Waals surface area (Å²) in [6, 6.07) is 20.1. The van der Waals surface area contributed by atoms with Gasteiger partial charge < -0.3 is 9.64 Å².